The van der Waals surface area contributed by atoms with Crippen molar-refractivity contribution in [3.05, 3.63) is 11.9 Å². The van der Waals surface area contributed by atoms with E-state index in [1.165, 1.54) is 19.3 Å². The maximum absolute atomic E-state index is 4.39. The molecule has 1 unspecified atom stereocenters. The lowest BCUT2D eigenvalue weighted by Crippen LogP contribution is -2.31. The van der Waals surface area contributed by atoms with E-state index in [4.69, 9.17) is 0 Å². The highest BCUT2D eigenvalue weighted by Crippen LogP contribution is 2.39. The van der Waals surface area contributed by atoms with Crippen molar-refractivity contribution in [3.63, 3.8) is 0 Å². The van der Waals surface area contributed by atoms with Gasteiger partial charge in [-0.2, -0.15) is 0 Å². The third-order valence-corrected chi connectivity index (χ3v) is 4.00. The SMILES string of the molecule is CCNc1ncnc(NC2CCCC2(C)C)c1C. The summed E-state index contributed by atoms with van der Waals surface area (Å²) in [4.78, 5) is 8.67. The van der Waals surface area contributed by atoms with E-state index in [2.05, 4.69) is 48.3 Å². The molecule has 1 aromatic rings. The van der Waals surface area contributed by atoms with Crippen molar-refractivity contribution >= 4 is 11.6 Å². The van der Waals surface area contributed by atoms with Crippen molar-refractivity contribution < 1.29 is 0 Å². The molecule has 0 aromatic carbocycles. The molecular weight excluding hydrogens is 224 g/mol. The molecule has 0 spiro atoms. The number of nitrogens with zero attached hydrogens (tertiary/aromatic N) is 2. The zero-order chi connectivity index (χ0) is 13.2. The van der Waals surface area contributed by atoms with E-state index in [0.29, 0.717) is 11.5 Å². The molecule has 0 amide bonds. The van der Waals surface area contributed by atoms with Crippen molar-refractivity contribution in [1.82, 2.24) is 9.97 Å². The highest BCUT2D eigenvalue weighted by Gasteiger charge is 2.34. The molecule has 1 atom stereocenters. The number of hydrogen-bond donors (Lipinski definition) is 2. The maximum atomic E-state index is 4.39. The number of hydrogen-bond acceptors (Lipinski definition) is 4. The molecule has 1 aliphatic rings. The molecule has 1 fully saturated rings. The standard InChI is InChI=1S/C14H24N4/c1-5-15-12-10(2)13(17-9-16-12)18-11-7-6-8-14(11,3)4/h9,11H,5-8H2,1-4H3,(H2,15,16,17,18). The van der Waals surface area contributed by atoms with E-state index in [1.54, 1.807) is 6.33 Å². The summed E-state index contributed by atoms with van der Waals surface area (Å²) in [6.07, 6.45) is 5.45. The lowest BCUT2D eigenvalue weighted by atomic mass is 9.87. The second-order valence-corrected chi connectivity index (χ2v) is 5.80. The topological polar surface area (TPSA) is 49.8 Å². The first-order chi connectivity index (χ1) is 8.54. The van der Waals surface area contributed by atoms with Crippen LogP contribution in [-0.4, -0.2) is 22.6 Å². The van der Waals surface area contributed by atoms with Crippen LogP contribution in [0.3, 0.4) is 0 Å². The smallest absolute Gasteiger partial charge is 0.134 e. The quantitative estimate of drug-likeness (QED) is 0.859. The second-order valence-electron chi connectivity index (χ2n) is 5.80. The van der Waals surface area contributed by atoms with Crippen LogP contribution in [0.5, 0.6) is 0 Å². The molecule has 4 nitrogen and oxygen atoms in total. The van der Waals surface area contributed by atoms with Gasteiger partial charge in [0.05, 0.1) is 0 Å². The Bertz CT molecular complexity index is 414. The largest absolute Gasteiger partial charge is 0.370 e. The van der Waals surface area contributed by atoms with Crippen molar-refractivity contribution in [1.29, 1.82) is 0 Å². The van der Waals surface area contributed by atoms with Gasteiger partial charge in [-0.05, 0) is 32.1 Å². The van der Waals surface area contributed by atoms with Crippen LogP contribution in [0.2, 0.25) is 0 Å². The molecule has 0 aliphatic heterocycles. The van der Waals surface area contributed by atoms with Gasteiger partial charge in [0.2, 0.25) is 0 Å². The summed E-state index contributed by atoms with van der Waals surface area (Å²) in [6.45, 7) is 9.70. The van der Waals surface area contributed by atoms with Crippen LogP contribution in [0.15, 0.2) is 6.33 Å². The molecule has 1 saturated carbocycles. The first-order valence-electron chi connectivity index (χ1n) is 6.86. The zero-order valence-corrected chi connectivity index (χ0v) is 11.9. The molecule has 100 valence electrons. The Morgan fingerprint density at radius 1 is 1.33 bits per heavy atom. The maximum Gasteiger partial charge on any atom is 0.134 e. The molecule has 0 radical (unpaired) electrons. The summed E-state index contributed by atoms with van der Waals surface area (Å²) in [5.74, 6) is 1.91. The van der Waals surface area contributed by atoms with E-state index in [9.17, 15) is 0 Å². The molecule has 4 heteroatoms. The summed E-state index contributed by atoms with van der Waals surface area (Å²) in [6, 6.07) is 0.514. The minimum atomic E-state index is 0.357. The summed E-state index contributed by atoms with van der Waals surface area (Å²) in [5.41, 5.74) is 1.47. The third-order valence-electron chi connectivity index (χ3n) is 4.00. The Balaban J connectivity index is 2.16. The van der Waals surface area contributed by atoms with Crippen molar-refractivity contribution in [2.45, 2.75) is 53.0 Å². The minimum absolute atomic E-state index is 0.357. The van der Waals surface area contributed by atoms with Gasteiger partial charge in [-0.3, -0.25) is 0 Å². The summed E-state index contributed by atoms with van der Waals surface area (Å²) < 4.78 is 0. The predicted molar refractivity (Wildman–Crippen MR) is 76.0 cm³/mol. The molecule has 1 heterocycles. The van der Waals surface area contributed by atoms with Gasteiger partial charge in [-0.1, -0.05) is 20.3 Å². The molecule has 2 rings (SSSR count). The Hall–Kier alpha value is -1.32. The number of rotatable bonds is 4. The molecule has 1 aromatic heterocycles. The number of anilines is 2. The summed E-state index contributed by atoms with van der Waals surface area (Å²) in [5, 5.41) is 6.88. The van der Waals surface area contributed by atoms with Gasteiger partial charge >= 0.3 is 0 Å². The van der Waals surface area contributed by atoms with Crippen LogP contribution in [0.1, 0.15) is 45.6 Å². The normalized spacial score (nSPS) is 21.9. The Morgan fingerprint density at radius 3 is 2.67 bits per heavy atom. The van der Waals surface area contributed by atoms with Crippen LogP contribution in [-0.2, 0) is 0 Å². The predicted octanol–water partition coefficient (Wildman–Crippen LogP) is 3.21. The fraction of sp³-hybridized carbons (Fsp3) is 0.714. The van der Waals surface area contributed by atoms with E-state index in [-0.39, 0.29) is 0 Å². The van der Waals surface area contributed by atoms with Gasteiger partial charge in [0.1, 0.15) is 18.0 Å². The van der Waals surface area contributed by atoms with E-state index < -0.39 is 0 Å². The highest BCUT2D eigenvalue weighted by atomic mass is 15.1. The number of nitrogens with one attached hydrogen (secondary N) is 2. The molecule has 0 bridgehead atoms. The lowest BCUT2D eigenvalue weighted by Gasteiger charge is -2.29. The molecule has 18 heavy (non-hydrogen) atoms. The van der Waals surface area contributed by atoms with Crippen LogP contribution in [0, 0.1) is 12.3 Å². The van der Waals surface area contributed by atoms with Crippen LogP contribution in [0.25, 0.3) is 0 Å². The van der Waals surface area contributed by atoms with Crippen molar-refractivity contribution in [2.75, 3.05) is 17.2 Å². The average Bonchev–Trinajstić information content (AvgIpc) is 2.64. The van der Waals surface area contributed by atoms with Gasteiger partial charge in [0, 0.05) is 18.2 Å². The number of aromatic nitrogens is 2. The van der Waals surface area contributed by atoms with Crippen LogP contribution >= 0.6 is 0 Å². The Morgan fingerprint density at radius 2 is 2.06 bits per heavy atom. The lowest BCUT2D eigenvalue weighted by molar-refractivity contribution is 0.349. The Kier molecular flexibility index (Phi) is 3.73. The van der Waals surface area contributed by atoms with Crippen LogP contribution < -0.4 is 10.6 Å². The highest BCUT2D eigenvalue weighted by molar-refractivity contribution is 5.56. The van der Waals surface area contributed by atoms with Crippen molar-refractivity contribution in [2.24, 2.45) is 5.41 Å². The first-order valence-corrected chi connectivity index (χ1v) is 6.86. The molecular formula is C14H24N4. The second kappa shape index (κ2) is 5.12. The third kappa shape index (κ3) is 2.57. The zero-order valence-electron chi connectivity index (χ0n) is 11.9. The van der Waals surface area contributed by atoms with E-state index in [1.807, 2.05) is 0 Å². The van der Waals surface area contributed by atoms with Crippen LogP contribution in [0.4, 0.5) is 11.6 Å². The average molecular weight is 248 g/mol. The first kappa shape index (κ1) is 13.1. The van der Waals surface area contributed by atoms with Gasteiger partial charge in [0.25, 0.3) is 0 Å². The monoisotopic (exact) mass is 248 g/mol. The van der Waals surface area contributed by atoms with Crippen molar-refractivity contribution in [3.8, 4) is 0 Å². The summed E-state index contributed by atoms with van der Waals surface area (Å²) >= 11 is 0. The van der Waals surface area contributed by atoms with E-state index in [0.717, 1.165) is 23.7 Å². The fourth-order valence-electron chi connectivity index (χ4n) is 2.70. The van der Waals surface area contributed by atoms with Gasteiger partial charge < -0.3 is 10.6 Å². The minimum Gasteiger partial charge on any atom is -0.370 e. The fourth-order valence-corrected chi connectivity index (χ4v) is 2.70. The van der Waals surface area contributed by atoms with Gasteiger partial charge in [0.15, 0.2) is 0 Å². The van der Waals surface area contributed by atoms with Gasteiger partial charge in [-0.25, -0.2) is 9.97 Å². The molecule has 1 aliphatic carbocycles. The van der Waals surface area contributed by atoms with E-state index >= 15 is 0 Å². The molecule has 0 saturated heterocycles. The molecule has 2 N–H and O–H groups in total. The van der Waals surface area contributed by atoms with Gasteiger partial charge in [-0.15, -0.1) is 0 Å². The Labute approximate surface area is 110 Å². The summed E-state index contributed by atoms with van der Waals surface area (Å²) in [7, 11) is 0.